The molecule has 4 N–H and O–H groups in total. The second-order valence-electron chi connectivity index (χ2n) is 13.8. The van der Waals surface area contributed by atoms with Crippen molar-refractivity contribution in [3.63, 3.8) is 0 Å². The minimum atomic E-state index is -0.382. The summed E-state index contributed by atoms with van der Waals surface area (Å²) in [4.78, 5) is 12.8. The zero-order valence-electron chi connectivity index (χ0n) is 23.5. The summed E-state index contributed by atoms with van der Waals surface area (Å²) in [5, 5.41) is 36.6. The molecule has 4 unspecified atom stereocenters. The van der Waals surface area contributed by atoms with Gasteiger partial charge in [-0.2, -0.15) is 0 Å². The SMILES string of the molecule is Cc1cccc(NC(=O)CC[C@@H](C)[C@H]2CCC3C4C(C[C@H](O)[C@@]32C)[C@@]2(C)CC[C@@H](O)CC2C[C@H]4O)c1C. The molecule has 5 nitrogen and oxygen atoms in total. The summed E-state index contributed by atoms with van der Waals surface area (Å²) in [6.45, 7) is 11.0. The Morgan fingerprint density at radius 2 is 1.81 bits per heavy atom. The average molecular weight is 512 g/mol. The van der Waals surface area contributed by atoms with Gasteiger partial charge in [0.1, 0.15) is 0 Å². The molecule has 4 fully saturated rings. The molecule has 1 aromatic rings. The molecule has 5 heteroatoms. The zero-order chi connectivity index (χ0) is 26.7. The number of nitrogens with one attached hydrogen (secondary N) is 1. The first kappa shape index (κ1) is 27.1. The highest BCUT2D eigenvalue weighted by Crippen LogP contribution is 2.68. The van der Waals surface area contributed by atoms with Crippen LogP contribution in [0.2, 0.25) is 0 Å². The van der Waals surface area contributed by atoms with E-state index in [1.54, 1.807) is 0 Å². The molecule has 0 aromatic heterocycles. The van der Waals surface area contributed by atoms with E-state index in [-0.39, 0.29) is 41.0 Å². The first-order chi connectivity index (χ1) is 17.5. The van der Waals surface area contributed by atoms with Gasteiger partial charge in [-0.1, -0.05) is 32.9 Å². The van der Waals surface area contributed by atoms with E-state index in [9.17, 15) is 20.1 Å². The maximum Gasteiger partial charge on any atom is 0.224 e. The van der Waals surface area contributed by atoms with Gasteiger partial charge in [0.2, 0.25) is 5.91 Å². The van der Waals surface area contributed by atoms with Crippen molar-refractivity contribution in [2.75, 3.05) is 5.32 Å². The minimum Gasteiger partial charge on any atom is -0.393 e. The predicted octanol–water partition coefficient (Wildman–Crippen LogP) is 5.62. The molecule has 4 aliphatic rings. The Balaban J connectivity index is 1.28. The molecule has 0 heterocycles. The van der Waals surface area contributed by atoms with E-state index in [0.717, 1.165) is 62.6 Å². The molecule has 206 valence electrons. The zero-order valence-corrected chi connectivity index (χ0v) is 23.5. The van der Waals surface area contributed by atoms with Crippen molar-refractivity contribution in [3.8, 4) is 0 Å². The van der Waals surface area contributed by atoms with Crippen molar-refractivity contribution in [2.24, 2.45) is 46.3 Å². The van der Waals surface area contributed by atoms with Crippen LogP contribution in [-0.2, 0) is 4.79 Å². The van der Waals surface area contributed by atoms with Crippen LogP contribution in [0.3, 0.4) is 0 Å². The number of benzene rings is 1. The summed E-state index contributed by atoms with van der Waals surface area (Å²) >= 11 is 0. The molecule has 0 aliphatic heterocycles. The average Bonchev–Trinajstić information content (AvgIpc) is 3.21. The highest BCUT2D eigenvalue weighted by molar-refractivity contribution is 5.91. The van der Waals surface area contributed by atoms with E-state index in [4.69, 9.17) is 0 Å². The fourth-order valence-corrected chi connectivity index (χ4v) is 9.79. The first-order valence-corrected chi connectivity index (χ1v) is 14.9. The van der Waals surface area contributed by atoms with Gasteiger partial charge in [-0.3, -0.25) is 4.79 Å². The van der Waals surface area contributed by atoms with Crippen LogP contribution in [0, 0.1) is 60.2 Å². The van der Waals surface area contributed by atoms with Crippen LogP contribution in [0.1, 0.15) is 89.7 Å². The molecule has 0 bridgehead atoms. The van der Waals surface area contributed by atoms with Gasteiger partial charge in [0.05, 0.1) is 18.3 Å². The topological polar surface area (TPSA) is 89.8 Å². The number of aliphatic hydroxyl groups excluding tert-OH is 3. The normalized spacial score (nSPS) is 43.9. The molecule has 1 aromatic carbocycles. The molecule has 5 rings (SSSR count). The molecule has 0 saturated heterocycles. The van der Waals surface area contributed by atoms with Crippen molar-refractivity contribution in [2.45, 2.75) is 111 Å². The Morgan fingerprint density at radius 1 is 1.05 bits per heavy atom. The molecular weight excluding hydrogens is 462 g/mol. The van der Waals surface area contributed by atoms with E-state index < -0.39 is 0 Å². The monoisotopic (exact) mass is 511 g/mol. The molecular formula is C32H49NO4. The van der Waals surface area contributed by atoms with E-state index in [0.29, 0.717) is 36.0 Å². The lowest BCUT2D eigenvalue weighted by atomic mass is 9.43. The van der Waals surface area contributed by atoms with Crippen molar-refractivity contribution in [1.29, 1.82) is 0 Å². The van der Waals surface area contributed by atoms with E-state index in [2.05, 4.69) is 39.1 Å². The van der Waals surface area contributed by atoms with Crippen LogP contribution < -0.4 is 5.32 Å². The fourth-order valence-electron chi connectivity index (χ4n) is 9.79. The lowest BCUT2D eigenvalue weighted by molar-refractivity contribution is -0.207. The third kappa shape index (κ3) is 4.47. The van der Waals surface area contributed by atoms with Crippen molar-refractivity contribution < 1.29 is 20.1 Å². The van der Waals surface area contributed by atoms with Gasteiger partial charge >= 0.3 is 0 Å². The van der Waals surface area contributed by atoms with Crippen LogP contribution in [0.25, 0.3) is 0 Å². The van der Waals surface area contributed by atoms with Crippen LogP contribution in [0.5, 0.6) is 0 Å². The summed E-state index contributed by atoms with van der Waals surface area (Å²) in [5.41, 5.74) is 3.07. The molecule has 4 aliphatic carbocycles. The number of aliphatic hydroxyl groups is 3. The number of hydrogen-bond donors (Lipinski definition) is 4. The van der Waals surface area contributed by atoms with E-state index in [1.807, 2.05) is 19.1 Å². The second-order valence-corrected chi connectivity index (χ2v) is 13.8. The fraction of sp³-hybridized carbons (Fsp3) is 0.781. The summed E-state index contributed by atoms with van der Waals surface area (Å²) in [6, 6.07) is 6.01. The Morgan fingerprint density at radius 3 is 2.57 bits per heavy atom. The molecule has 37 heavy (non-hydrogen) atoms. The first-order valence-electron chi connectivity index (χ1n) is 14.9. The Bertz CT molecular complexity index is 1010. The number of aryl methyl sites for hydroxylation is 1. The number of hydrogen-bond acceptors (Lipinski definition) is 4. The second kappa shape index (κ2) is 9.95. The molecule has 4 saturated carbocycles. The van der Waals surface area contributed by atoms with Crippen LogP contribution in [0.4, 0.5) is 5.69 Å². The van der Waals surface area contributed by atoms with Gasteiger partial charge < -0.3 is 20.6 Å². The number of amides is 1. The maximum absolute atomic E-state index is 12.8. The Labute approximate surface area is 223 Å². The van der Waals surface area contributed by atoms with Crippen LogP contribution >= 0.6 is 0 Å². The third-order valence-corrected chi connectivity index (χ3v) is 12.2. The predicted molar refractivity (Wildman–Crippen MR) is 147 cm³/mol. The van der Waals surface area contributed by atoms with Gasteiger partial charge in [-0.15, -0.1) is 0 Å². The molecule has 0 spiro atoms. The number of carbonyl (C=O) groups excluding carboxylic acids is 1. The van der Waals surface area contributed by atoms with E-state index >= 15 is 0 Å². The standard InChI is InChI=1S/C32H49NO4/c1-18-7-6-8-26(20(18)3)33-29(37)12-9-19(2)23-10-11-24-30-25(17-28(36)32(23,24)5)31(4)14-13-22(34)15-21(31)16-27(30)35/h6-8,19,21-25,27-28,30,34-36H,9-17H2,1-5H3,(H,33,37)/t19-,21?,22-,23-,24?,25?,27-,28+,30?,31+,32-/m1/s1. The molecule has 11 atom stereocenters. The van der Waals surface area contributed by atoms with Crippen molar-refractivity contribution in [1.82, 2.24) is 0 Å². The molecule has 0 radical (unpaired) electrons. The minimum absolute atomic E-state index is 0.0608. The van der Waals surface area contributed by atoms with Gasteiger partial charge in [0.15, 0.2) is 0 Å². The van der Waals surface area contributed by atoms with Crippen LogP contribution in [-0.4, -0.2) is 39.5 Å². The highest BCUT2D eigenvalue weighted by Gasteiger charge is 2.65. The summed E-state index contributed by atoms with van der Waals surface area (Å²) < 4.78 is 0. The van der Waals surface area contributed by atoms with Crippen molar-refractivity contribution >= 4 is 11.6 Å². The number of rotatable bonds is 5. The number of anilines is 1. The number of carbonyl (C=O) groups is 1. The maximum atomic E-state index is 12.8. The van der Waals surface area contributed by atoms with Gasteiger partial charge in [0, 0.05) is 12.1 Å². The summed E-state index contributed by atoms with van der Waals surface area (Å²) in [6.07, 6.45) is 6.61. The Kier molecular flexibility index (Phi) is 7.30. The highest BCUT2D eigenvalue weighted by atomic mass is 16.3. The summed E-state index contributed by atoms with van der Waals surface area (Å²) in [7, 11) is 0. The molecule has 1 amide bonds. The summed E-state index contributed by atoms with van der Waals surface area (Å²) in [5.74, 6) is 1.96. The Hall–Kier alpha value is -1.43. The smallest absolute Gasteiger partial charge is 0.224 e. The number of fused-ring (bicyclic) bond motifs is 5. The lowest BCUT2D eigenvalue weighted by Gasteiger charge is -2.63. The van der Waals surface area contributed by atoms with E-state index in [1.165, 1.54) is 5.56 Å². The van der Waals surface area contributed by atoms with Gasteiger partial charge in [-0.25, -0.2) is 0 Å². The van der Waals surface area contributed by atoms with Crippen molar-refractivity contribution in [3.05, 3.63) is 29.3 Å². The third-order valence-electron chi connectivity index (χ3n) is 12.2. The lowest BCUT2D eigenvalue weighted by Crippen LogP contribution is -2.62. The largest absolute Gasteiger partial charge is 0.393 e. The van der Waals surface area contributed by atoms with Crippen LogP contribution in [0.15, 0.2) is 18.2 Å². The van der Waals surface area contributed by atoms with Gasteiger partial charge in [0.25, 0.3) is 0 Å². The van der Waals surface area contributed by atoms with Gasteiger partial charge in [-0.05, 0) is 129 Å². The quantitative estimate of drug-likeness (QED) is 0.413.